The first kappa shape index (κ1) is 14.9. The van der Waals surface area contributed by atoms with Gasteiger partial charge in [-0.15, -0.1) is 5.10 Å². The van der Waals surface area contributed by atoms with Crippen molar-refractivity contribution in [3.8, 4) is 11.6 Å². The molecule has 114 valence electrons. The molecular weight excluding hydrogens is 316 g/mol. The van der Waals surface area contributed by atoms with Gasteiger partial charge in [-0.1, -0.05) is 17.7 Å². The zero-order chi connectivity index (χ0) is 16.1. The maximum Gasteiger partial charge on any atom is 0.274 e. The summed E-state index contributed by atoms with van der Waals surface area (Å²) in [5.41, 5.74) is 0.850. The van der Waals surface area contributed by atoms with E-state index in [1.54, 1.807) is 54.7 Å². The molecule has 3 aromatic rings. The van der Waals surface area contributed by atoms with Crippen molar-refractivity contribution in [3.05, 3.63) is 71.6 Å². The van der Waals surface area contributed by atoms with Crippen LogP contribution in [0.3, 0.4) is 0 Å². The average Bonchev–Trinajstić information content (AvgIpc) is 2.57. The summed E-state index contributed by atoms with van der Waals surface area (Å²) >= 11 is 5.75. The fraction of sp³-hybridized carbons (Fsp3) is 0. The zero-order valence-corrected chi connectivity index (χ0v) is 12.6. The predicted molar refractivity (Wildman–Crippen MR) is 85.7 cm³/mol. The van der Waals surface area contributed by atoms with Crippen molar-refractivity contribution in [2.75, 3.05) is 5.32 Å². The SMILES string of the molecule is O=C(Nc1cccc(Oc2cccnn2)c1)c1ccc(Cl)cn1. The molecule has 0 radical (unpaired) electrons. The fourth-order valence-corrected chi connectivity index (χ4v) is 1.92. The third-order valence-electron chi connectivity index (χ3n) is 2.82. The van der Waals surface area contributed by atoms with Gasteiger partial charge in [0.25, 0.3) is 5.91 Å². The van der Waals surface area contributed by atoms with Gasteiger partial charge < -0.3 is 10.1 Å². The number of rotatable bonds is 4. The third-order valence-corrected chi connectivity index (χ3v) is 3.05. The minimum atomic E-state index is -0.335. The monoisotopic (exact) mass is 326 g/mol. The van der Waals surface area contributed by atoms with Crippen molar-refractivity contribution in [1.29, 1.82) is 0 Å². The van der Waals surface area contributed by atoms with E-state index in [0.29, 0.717) is 22.3 Å². The Morgan fingerprint density at radius 1 is 1.13 bits per heavy atom. The summed E-state index contributed by atoms with van der Waals surface area (Å²) < 4.78 is 5.56. The first-order valence-electron chi connectivity index (χ1n) is 6.69. The lowest BCUT2D eigenvalue weighted by Gasteiger charge is -2.08. The van der Waals surface area contributed by atoms with Crippen molar-refractivity contribution >= 4 is 23.2 Å². The second-order valence-corrected chi connectivity index (χ2v) is 4.94. The Morgan fingerprint density at radius 3 is 2.78 bits per heavy atom. The Bertz CT molecular complexity index is 810. The van der Waals surface area contributed by atoms with Crippen LogP contribution < -0.4 is 10.1 Å². The summed E-state index contributed by atoms with van der Waals surface area (Å²) in [4.78, 5) is 16.1. The molecule has 23 heavy (non-hydrogen) atoms. The molecule has 0 aliphatic carbocycles. The highest BCUT2D eigenvalue weighted by Gasteiger charge is 2.08. The van der Waals surface area contributed by atoms with Gasteiger partial charge in [0.05, 0.1) is 5.02 Å². The van der Waals surface area contributed by atoms with Crippen LogP contribution in [-0.2, 0) is 0 Å². The van der Waals surface area contributed by atoms with E-state index in [1.807, 2.05) is 0 Å². The lowest BCUT2D eigenvalue weighted by Crippen LogP contribution is -2.13. The van der Waals surface area contributed by atoms with E-state index in [-0.39, 0.29) is 11.6 Å². The molecule has 0 bridgehead atoms. The third kappa shape index (κ3) is 4.02. The fourth-order valence-electron chi connectivity index (χ4n) is 1.81. The van der Waals surface area contributed by atoms with Crippen molar-refractivity contribution in [1.82, 2.24) is 15.2 Å². The van der Waals surface area contributed by atoms with Crippen LogP contribution >= 0.6 is 11.6 Å². The molecule has 1 amide bonds. The van der Waals surface area contributed by atoms with E-state index in [9.17, 15) is 4.79 Å². The quantitative estimate of drug-likeness (QED) is 0.793. The molecule has 3 rings (SSSR count). The van der Waals surface area contributed by atoms with Crippen molar-refractivity contribution in [2.45, 2.75) is 0 Å². The summed E-state index contributed by atoms with van der Waals surface area (Å²) in [5.74, 6) is 0.570. The maximum atomic E-state index is 12.1. The summed E-state index contributed by atoms with van der Waals surface area (Å²) in [5, 5.41) is 10.8. The standard InChI is InChI=1S/C16H11ClN4O2/c17-11-6-7-14(18-10-11)16(22)20-12-3-1-4-13(9-12)23-15-5-2-8-19-21-15/h1-10H,(H,20,22). The number of carbonyl (C=O) groups excluding carboxylic acids is 1. The van der Waals surface area contributed by atoms with Gasteiger partial charge in [0.2, 0.25) is 5.88 Å². The first-order valence-corrected chi connectivity index (χ1v) is 7.07. The summed E-state index contributed by atoms with van der Waals surface area (Å²) in [6, 6.07) is 13.5. The average molecular weight is 327 g/mol. The molecule has 0 atom stereocenters. The molecule has 2 aromatic heterocycles. The Balaban J connectivity index is 1.72. The van der Waals surface area contributed by atoms with Crippen LogP contribution in [0.5, 0.6) is 11.6 Å². The normalized spacial score (nSPS) is 10.1. The zero-order valence-electron chi connectivity index (χ0n) is 11.8. The van der Waals surface area contributed by atoms with Gasteiger partial charge in [0.15, 0.2) is 0 Å². The molecule has 2 heterocycles. The number of benzene rings is 1. The number of nitrogens with zero attached hydrogens (tertiary/aromatic N) is 3. The number of nitrogens with one attached hydrogen (secondary N) is 1. The van der Waals surface area contributed by atoms with Crippen LogP contribution in [-0.4, -0.2) is 21.1 Å². The van der Waals surface area contributed by atoms with E-state index >= 15 is 0 Å². The molecule has 6 nitrogen and oxygen atoms in total. The lowest BCUT2D eigenvalue weighted by molar-refractivity contribution is 0.102. The molecule has 0 spiro atoms. The number of halogens is 1. The van der Waals surface area contributed by atoms with Crippen LogP contribution in [0.2, 0.25) is 5.02 Å². The van der Waals surface area contributed by atoms with Crippen LogP contribution in [0.25, 0.3) is 0 Å². The van der Waals surface area contributed by atoms with Crippen LogP contribution in [0.15, 0.2) is 60.9 Å². The number of carbonyl (C=O) groups is 1. The number of hydrogen-bond donors (Lipinski definition) is 1. The largest absolute Gasteiger partial charge is 0.437 e. The Hall–Kier alpha value is -2.99. The highest BCUT2D eigenvalue weighted by Crippen LogP contribution is 2.22. The van der Waals surface area contributed by atoms with E-state index in [0.717, 1.165) is 0 Å². The molecule has 1 N–H and O–H groups in total. The molecule has 0 saturated heterocycles. The number of aromatic nitrogens is 3. The summed E-state index contributed by atoms with van der Waals surface area (Å²) in [7, 11) is 0. The Morgan fingerprint density at radius 2 is 2.04 bits per heavy atom. The van der Waals surface area contributed by atoms with Gasteiger partial charge >= 0.3 is 0 Å². The van der Waals surface area contributed by atoms with Gasteiger partial charge in [0.1, 0.15) is 11.4 Å². The highest BCUT2D eigenvalue weighted by molar-refractivity contribution is 6.30. The topological polar surface area (TPSA) is 77.0 Å². The Kier molecular flexibility index (Phi) is 4.44. The van der Waals surface area contributed by atoms with Crippen LogP contribution in [0.1, 0.15) is 10.5 Å². The second kappa shape index (κ2) is 6.85. The van der Waals surface area contributed by atoms with Crippen LogP contribution in [0, 0.1) is 0 Å². The number of anilines is 1. The Labute approximate surface area is 137 Å². The molecule has 0 aliphatic heterocycles. The van der Waals surface area contributed by atoms with E-state index in [4.69, 9.17) is 16.3 Å². The molecule has 0 saturated carbocycles. The smallest absolute Gasteiger partial charge is 0.274 e. The van der Waals surface area contributed by atoms with Gasteiger partial charge in [-0.2, -0.15) is 5.10 Å². The predicted octanol–water partition coefficient (Wildman–Crippen LogP) is 3.57. The molecule has 7 heteroatoms. The maximum absolute atomic E-state index is 12.1. The summed E-state index contributed by atoms with van der Waals surface area (Å²) in [6.45, 7) is 0. The number of pyridine rings is 1. The highest BCUT2D eigenvalue weighted by atomic mass is 35.5. The molecule has 1 aromatic carbocycles. The molecule has 0 fully saturated rings. The van der Waals surface area contributed by atoms with Crippen molar-refractivity contribution < 1.29 is 9.53 Å². The molecule has 0 unspecified atom stereocenters. The van der Waals surface area contributed by atoms with Gasteiger partial charge in [0, 0.05) is 30.2 Å². The van der Waals surface area contributed by atoms with Gasteiger partial charge in [-0.25, -0.2) is 4.98 Å². The van der Waals surface area contributed by atoms with E-state index < -0.39 is 0 Å². The van der Waals surface area contributed by atoms with Crippen LogP contribution in [0.4, 0.5) is 5.69 Å². The number of amides is 1. The second-order valence-electron chi connectivity index (χ2n) is 4.51. The lowest BCUT2D eigenvalue weighted by atomic mass is 10.2. The summed E-state index contributed by atoms with van der Waals surface area (Å²) in [6.07, 6.45) is 2.98. The van der Waals surface area contributed by atoms with E-state index in [1.165, 1.54) is 6.20 Å². The van der Waals surface area contributed by atoms with Crippen molar-refractivity contribution in [2.24, 2.45) is 0 Å². The van der Waals surface area contributed by atoms with Gasteiger partial charge in [-0.05, 0) is 30.3 Å². The van der Waals surface area contributed by atoms with Crippen molar-refractivity contribution in [3.63, 3.8) is 0 Å². The molecular formula is C16H11ClN4O2. The first-order chi connectivity index (χ1) is 11.2. The van der Waals surface area contributed by atoms with Gasteiger partial charge in [-0.3, -0.25) is 4.79 Å². The molecule has 0 aliphatic rings. The minimum Gasteiger partial charge on any atom is -0.437 e. The number of ether oxygens (including phenoxy) is 1. The number of hydrogen-bond acceptors (Lipinski definition) is 5. The van der Waals surface area contributed by atoms with E-state index in [2.05, 4.69) is 20.5 Å². The minimum absolute atomic E-state index is 0.273.